The summed E-state index contributed by atoms with van der Waals surface area (Å²) in [5.74, 6) is -0.430. The van der Waals surface area contributed by atoms with Crippen molar-refractivity contribution in [3.63, 3.8) is 0 Å². The third kappa shape index (κ3) is 5.87. The zero-order valence-electron chi connectivity index (χ0n) is 18.7. The van der Waals surface area contributed by atoms with Crippen LogP contribution in [0, 0.1) is 11.8 Å². The highest BCUT2D eigenvalue weighted by atomic mass is 35.5. The number of ether oxygens (including phenoxy) is 4. The van der Waals surface area contributed by atoms with E-state index in [-0.39, 0.29) is 34.7 Å². The van der Waals surface area contributed by atoms with Gasteiger partial charge in [-0.3, -0.25) is 9.59 Å². The highest BCUT2D eigenvalue weighted by Gasteiger charge is 2.39. The van der Waals surface area contributed by atoms with Gasteiger partial charge in [-0.15, -0.1) is 0 Å². The van der Waals surface area contributed by atoms with Crippen LogP contribution in [0.15, 0.2) is 30.3 Å². The normalized spacial score (nSPS) is 16.4. The summed E-state index contributed by atoms with van der Waals surface area (Å²) in [4.78, 5) is 37.6. The molecule has 9 nitrogen and oxygen atoms in total. The molecule has 1 saturated carbocycles. The van der Waals surface area contributed by atoms with Gasteiger partial charge in [-0.05, 0) is 30.5 Å². The van der Waals surface area contributed by atoms with Crippen molar-refractivity contribution < 1.29 is 33.3 Å². The molecular formula is C23H25ClN2O7. The third-order valence-corrected chi connectivity index (χ3v) is 5.45. The van der Waals surface area contributed by atoms with Gasteiger partial charge in [0, 0.05) is 23.1 Å². The number of carbonyl (C=O) groups excluding carboxylic acids is 3. The second-order valence-electron chi connectivity index (χ2n) is 7.53. The summed E-state index contributed by atoms with van der Waals surface area (Å²) in [5, 5.41) is 5.74. The van der Waals surface area contributed by atoms with Gasteiger partial charge in [0.15, 0.2) is 18.1 Å². The first-order chi connectivity index (χ1) is 15.8. The van der Waals surface area contributed by atoms with Crippen LogP contribution in [0.4, 0.5) is 11.4 Å². The molecule has 0 radical (unpaired) electrons. The van der Waals surface area contributed by atoms with Gasteiger partial charge in [0.25, 0.3) is 5.91 Å². The molecule has 2 atom stereocenters. The van der Waals surface area contributed by atoms with E-state index in [1.807, 2.05) is 6.92 Å². The molecule has 2 unspecified atom stereocenters. The van der Waals surface area contributed by atoms with Crippen LogP contribution in [-0.4, -0.2) is 45.7 Å². The fourth-order valence-corrected chi connectivity index (χ4v) is 3.41. The maximum Gasteiger partial charge on any atom is 0.340 e. The predicted octanol–water partition coefficient (Wildman–Crippen LogP) is 3.76. The number of halogens is 1. The molecule has 33 heavy (non-hydrogen) atoms. The standard InChI is InChI=1S/C23H25ClN2O7/c1-12-7-14(12)22(28)26-16-10-20(32-4)19(31-3)9-15(16)23(29)33-11-21(27)25-17-8-13(24)5-6-18(17)30-2/h5-6,8-10,12,14H,7,11H2,1-4H3,(H,25,27)(H,26,28). The van der Waals surface area contributed by atoms with E-state index in [2.05, 4.69) is 10.6 Å². The van der Waals surface area contributed by atoms with Gasteiger partial charge in [0.2, 0.25) is 5.91 Å². The first kappa shape index (κ1) is 24.2. The zero-order chi connectivity index (χ0) is 24.1. The number of anilines is 2. The second-order valence-corrected chi connectivity index (χ2v) is 7.97. The van der Waals surface area contributed by atoms with Crippen LogP contribution in [0.5, 0.6) is 17.2 Å². The Balaban J connectivity index is 1.74. The molecule has 3 rings (SSSR count). The number of amides is 2. The zero-order valence-corrected chi connectivity index (χ0v) is 19.4. The van der Waals surface area contributed by atoms with Crippen LogP contribution in [0.1, 0.15) is 23.7 Å². The molecule has 2 amide bonds. The van der Waals surface area contributed by atoms with E-state index in [1.165, 1.54) is 39.5 Å². The first-order valence-corrected chi connectivity index (χ1v) is 10.5. The Kier molecular flexibility index (Phi) is 7.65. The molecule has 176 valence electrons. The second kappa shape index (κ2) is 10.4. The lowest BCUT2D eigenvalue weighted by Gasteiger charge is -2.15. The Morgan fingerprint density at radius 1 is 0.939 bits per heavy atom. The molecule has 0 saturated heterocycles. The molecule has 1 aliphatic carbocycles. The minimum Gasteiger partial charge on any atom is -0.495 e. The minimum absolute atomic E-state index is 0.0300. The molecule has 2 aromatic carbocycles. The lowest BCUT2D eigenvalue weighted by molar-refractivity contribution is -0.119. The van der Waals surface area contributed by atoms with Gasteiger partial charge in [0.05, 0.1) is 38.3 Å². The van der Waals surface area contributed by atoms with E-state index < -0.39 is 18.5 Å². The van der Waals surface area contributed by atoms with Crippen molar-refractivity contribution in [1.82, 2.24) is 0 Å². The summed E-state index contributed by atoms with van der Waals surface area (Å²) >= 11 is 5.96. The number of benzene rings is 2. The molecule has 0 heterocycles. The number of nitrogens with one attached hydrogen (secondary N) is 2. The monoisotopic (exact) mass is 476 g/mol. The Morgan fingerprint density at radius 2 is 1.58 bits per heavy atom. The molecule has 0 aromatic heterocycles. The molecule has 0 spiro atoms. The summed E-state index contributed by atoms with van der Waals surface area (Å²) in [6, 6.07) is 7.61. The highest BCUT2D eigenvalue weighted by Crippen LogP contribution is 2.40. The van der Waals surface area contributed by atoms with Gasteiger partial charge in [0.1, 0.15) is 5.75 Å². The van der Waals surface area contributed by atoms with Crippen LogP contribution < -0.4 is 24.8 Å². The van der Waals surface area contributed by atoms with E-state index >= 15 is 0 Å². The smallest absolute Gasteiger partial charge is 0.340 e. The van der Waals surface area contributed by atoms with Crippen molar-refractivity contribution >= 4 is 40.8 Å². The first-order valence-electron chi connectivity index (χ1n) is 10.1. The quantitative estimate of drug-likeness (QED) is 0.530. The number of methoxy groups -OCH3 is 3. The van der Waals surface area contributed by atoms with Crippen LogP contribution in [0.3, 0.4) is 0 Å². The van der Waals surface area contributed by atoms with Crippen molar-refractivity contribution in [3.8, 4) is 17.2 Å². The summed E-state index contributed by atoms with van der Waals surface area (Å²) in [7, 11) is 4.32. The Bertz CT molecular complexity index is 1070. The minimum atomic E-state index is -0.816. The van der Waals surface area contributed by atoms with Crippen molar-refractivity contribution in [3.05, 3.63) is 40.9 Å². The lowest BCUT2D eigenvalue weighted by Crippen LogP contribution is -2.22. The molecule has 1 aliphatic rings. The highest BCUT2D eigenvalue weighted by molar-refractivity contribution is 6.31. The fourth-order valence-electron chi connectivity index (χ4n) is 3.24. The average Bonchev–Trinajstić information content (AvgIpc) is 3.54. The molecule has 10 heteroatoms. The van der Waals surface area contributed by atoms with E-state index in [0.29, 0.717) is 22.2 Å². The van der Waals surface area contributed by atoms with Gasteiger partial charge < -0.3 is 29.6 Å². The maximum atomic E-state index is 12.8. The van der Waals surface area contributed by atoms with Gasteiger partial charge in [-0.2, -0.15) is 0 Å². The van der Waals surface area contributed by atoms with E-state index in [4.69, 9.17) is 30.5 Å². The lowest BCUT2D eigenvalue weighted by atomic mass is 10.1. The van der Waals surface area contributed by atoms with Crippen molar-refractivity contribution in [2.75, 3.05) is 38.6 Å². The number of hydrogen-bond donors (Lipinski definition) is 2. The number of rotatable bonds is 9. The van der Waals surface area contributed by atoms with Crippen LogP contribution >= 0.6 is 11.6 Å². The van der Waals surface area contributed by atoms with E-state index in [0.717, 1.165) is 6.42 Å². The van der Waals surface area contributed by atoms with Gasteiger partial charge >= 0.3 is 5.97 Å². The van der Waals surface area contributed by atoms with Crippen molar-refractivity contribution in [1.29, 1.82) is 0 Å². The molecule has 0 aliphatic heterocycles. The van der Waals surface area contributed by atoms with Crippen molar-refractivity contribution in [2.45, 2.75) is 13.3 Å². The fraction of sp³-hybridized carbons (Fsp3) is 0.348. The summed E-state index contributed by atoms with van der Waals surface area (Å²) in [6.07, 6.45) is 0.784. The summed E-state index contributed by atoms with van der Waals surface area (Å²) in [6.45, 7) is 1.40. The number of hydrogen-bond acceptors (Lipinski definition) is 7. The van der Waals surface area contributed by atoms with Crippen LogP contribution in [0.2, 0.25) is 5.02 Å². The average molecular weight is 477 g/mol. The van der Waals surface area contributed by atoms with Gasteiger partial charge in [-0.1, -0.05) is 18.5 Å². The molecule has 2 aromatic rings. The molecule has 2 N–H and O–H groups in total. The van der Waals surface area contributed by atoms with Crippen LogP contribution in [-0.2, 0) is 14.3 Å². The Labute approximate surface area is 196 Å². The summed E-state index contributed by atoms with van der Waals surface area (Å²) < 4.78 is 20.9. The van der Waals surface area contributed by atoms with E-state index in [9.17, 15) is 14.4 Å². The predicted molar refractivity (Wildman–Crippen MR) is 122 cm³/mol. The molecule has 0 bridgehead atoms. The number of carbonyl (C=O) groups is 3. The third-order valence-electron chi connectivity index (χ3n) is 5.22. The Hall–Kier alpha value is -3.46. The van der Waals surface area contributed by atoms with Crippen LogP contribution in [0.25, 0.3) is 0 Å². The molecular weight excluding hydrogens is 452 g/mol. The Morgan fingerprint density at radius 3 is 2.18 bits per heavy atom. The maximum absolute atomic E-state index is 12.8. The SMILES string of the molecule is COc1ccc(Cl)cc1NC(=O)COC(=O)c1cc(OC)c(OC)cc1NC(=O)C1CC1C. The van der Waals surface area contributed by atoms with E-state index in [1.54, 1.807) is 12.1 Å². The number of esters is 1. The largest absolute Gasteiger partial charge is 0.495 e. The van der Waals surface area contributed by atoms with Gasteiger partial charge in [-0.25, -0.2) is 4.79 Å². The summed E-state index contributed by atoms with van der Waals surface area (Å²) in [5.41, 5.74) is 0.574. The topological polar surface area (TPSA) is 112 Å². The molecule has 1 fully saturated rings. The van der Waals surface area contributed by atoms with Crippen molar-refractivity contribution in [2.24, 2.45) is 11.8 Å².